The van der Waals surface area contributed by atoms with Crippen LogP contribution in [0.5, 0.6) is 0 Å². The Bertz CT molecular complexity index is 485. The molecule has 0 saturated heterocycles. The van der Waals surface area contributed by atoms with E-state index in [1.807, 2.05) is 17.5 Å². The average Bonchev–Trinajstić information content (AvgIpc) is 2.70. The highest BCUT2D eigenvalue weighted by atomic mass is 32.1. The van der Waals surface area contributed by atoms with Gasteiger partial charge in [0.15, 0.2) is 0 Å². The molecule has 0 spiro atoms. The van der Waals surface area contributed by atoms with E-state index in [0.29, 0.717) is 5.69 Å². The van der Waals surface area contributed by atoms with Crippen LogP contribution in [0.1, 0.15) is 5.56 Å². The summed E-state index contributed by atoms with van der Waals surface area (Å²) in [4.78, 5) is 4.60. The van der Waals surface area contributed by atoms with Gasteiger partial charge < -0.3 is 0 Å². The second-order valence-electron chi connectivity index (χ2n) is 2.62. The molecule has 14 heavy (non-hydrogen) atoms. The van der Waals surface area contributed by atoms with E-state index in [4.69, 9.17) is 5.26 Å². The van der Waals surface area contributed by atoms with Gasteiger partial charge in [-0.25, -0.2) is 4.98 Å². The molecule has 2 aromatic rings. The summed E-state index contributed by atoms with van der Waals surface area (Å²) in [5.74, 6) is -0.710. The number of hydrogen-bond acceptors (Lipinski definition) is 3. The molecule has 0 atom stereocenters. The van der Waals surface area contributed by atoms with Gasteiger partial charge >= 0.3 is 0 Å². The van der Waals surface area contributed by atoms with Crippen LogP contribution in [0.4, 0.5) is 4.39 Å². The molecule has 0 fully saturated rings. The smallest absolute Gasteiger partial charge is 0.218 e. The van der Waals surface area contributed by atoms with E-state index in [1.54, 1.807) is 12.1 Å². The lowest BCUT2D eigenvalue weighted by Gasteiger charge is -1.97. The van der Waals surface area contributed by atoms with E-state index in [0.717, 1.165) is 4.88 Å². The van der Waals surface area contributed by atoms with Crippen molar-refractivity contribution in [2.75, 3.05) is 0 Å². The molecule has 4 heteroatoms. The van der Waals surface area contributed by atoms with E-state index in [2.05, 4.69) is 4.98 Å². The highest BCUT2D eigenvalue weighted by Gasteiger charge is 2.06. The number of rotatable bonds is 1. The van der Waals surface area contributed by atoms with Gasteiger partial charge in [0.25, 0.3) is 0 Å². The second kappa shape index (κ2) is 3.56. The SMILES string of the molecule is N#Cc1ccc(-c2cccs2)nc1F. The minimum Gasteiger partial charge on any atom is -0.218 e. The van der Waals surface area contributed by atoms with Gasteiger partial charge in [-0.15, -0.1) is 11.3 Å². The zero-order valence-electron chi connectivity index (χ0n) is 7.07. The maximum Gasteiger partial charge on any atom is 0.231 e. The molecule has 0 aliphatic carbocycles. The van der Waals surface area contributed by atoms with Gasteiger partial charge in [0.2, 0.25) is 5.95 Å². The van der Waals surface area contributed by atoms with Gasteiger partial charge in [0.1, 0.15) is 11.6 Å². The summed E-state index contributed by atoms with van der Waals surface area (Å²) in [7, 11) is 0. The van der Waals surface area contributed by atoms with Crippen LogP contribution < -0.4 is 0 Å². The van der Waals surface area contributed by atoms with Gasteiger partial charge in [0.05, 0.1) is 10.6 Å². The molecule has 68 valence electrons. The number of hydrogen-bond donors (Lipinski definition) is 0. The molecule has 0 bridgehead atoms. The number of nitrogens with zero attached hydrogens (tertiary/aromatic N) is 2. The summed E-state index contributed by atoms with van der Waals surface area (Å²) in [5.41, 5.74) is 0.543. The highest BCUT2D eigenvalue weighted by molar-refractivity contribution is 7.13. The summed E-state index contributed by atoms with van der Waals surface area (Å²) in [6, 6.07) is 8.55. The molecule has 2 heterocycles. The van der Waals surface area contributed by atoms with Crippen molar-refractivity contribution in [1.29, 1.82) is 5.26 Å². The fourth-order valence-corrected chi connectivity index (χ4v) is 1.77. The maximum atomic E-state index is 13.1. The first-order valence-electron chi connectivity index (χ1n) is 3.92. The zero-order valence-corrected chi connectivity index (χ0v) is 7.88. The van der Waals surface area contributed by atoms with Crippen molar-refractivity contribution in [3.05, 3.63) is 41.2 Å². The first kappa shape index (κ1) is 8.85. The maximum absolute atomic E-state index is 13.1. The van der Waals surface area contributed by atoms with E-state index >= 15 is 0 Å². The Morgan fingerprint density at radius 3 is 2.79 bits per heavy atom. The predicted octanol–water partition coefficient (Wildman–Crippen LogP) is 2.82. The fraction of sp³-hybridized carbons (Fsp3) is 0. The summed E-state index contributed by atoms with van der Waals surface area (Å²) in [5, 5.41) is 10.4. The van der Waals surface area contributed by atoms with Crippen molar-refractivity contribution in [1.82, 2.24) is 4.98 Å². The van der Waals surface area contributed by atoms with Gasteiger partial charge in [-0.1, -0.05) is 6.07 Å². The lowest BCUT2D eigenvalue weighted by molar-refractivity contribution is 0.581. The number of halogens is 1. The lowest BCUT2D eigenvalue weighted by atomic mass is 10.2. The molecular formula is C10H5FN2S. The molecule has 2 rings (SSSR count). The first-order valence-corrected chi connectivity index (χ1v) is 4.80. The minimum atomic E-state index is -0.710. The molecule has 0 N–H and O–H groups in total. The Labute approximate surface area is 84.3 Å². The number of pyridine rings is 1. The van der Waals surface area contributed by atoms with Crippen molar-refractivity contribution < 1.29 is 4.39 Å². The van der Waals surface area contributed by atoms with Gasteiger partial charge in [0, 0.05) is 0 Å². The molecule has 0 unspecified atom stereocenters. The van der Waals surface area contributed by atoms with Crippen LogP contribution in [0.15, 0.2) is 29.6 Å². The van der Waals surface area contributed by atoms with Crippen LogP contribution in [-0.4, -0.2) is 4.98 Å². The standard InChI is InChI=1S/C10H5FN2S/c11-10-7(6-12)3-4-8(13-10)9-2-1-5-14-9/h1-5H. The lowest BCUT2D eigenvalue weighted by Crippen LogP contribution is -1.90. The monoisotopic (exact) mass is 204 g/mol. The molecule has 0 amide bonds. The normalized spacial score (nSPS) is 9.71. The number of aromatic nitrogens is 1. The summed E-state index contributed by atoms with van der Waals surface area (Å²) in [6.45, 7) is 0. The Kier molecular flexibility index (Phi) is 2.25. The summed E-state index contributed by atoms with van der Waals surface area (Å²) >= 11 is 1.49. The number of nitriles is 1. The van der Waals surface area contributed by atoms with E-state index in [9.17, 15) is 4.39 Å². The Morgan fingerprint density at radius 1 is 1.36 bits per heavy atom. The third-order valence-electron chi connectivity index (χ3n) is 1.74. The number of thiophene rings is 1. The fourth-order valence-electron chi connectivity index (χ4n) is 1.08. The van der Waals surface area contributed by atoms with Crippen LogP contribution in [0.25, 0.3) is 10.6 Å². The van der Waals surface area contributed by atoms with Crippen molar-refractivity contribution >= 4 is 11.3 Å². The molecular weight excluding hydrogens is 199 g/mol. The van der Waals surface area contributed by atoms with E-state index < -0.39 is 5.95 Å². The van der Waals surface area contributed by atoms with Crippen LogP contribution in [0.2, 0.25) is 0 Å². The summed E-state index contributed by atoms with van der Waals surface area (Å²) in [6.07, 6.45) is 0. The molecule has 0 radical (unpaired) electrons. The van der Waals surface area contributed by atoms with Crippen molar-refractivity contribution in [2.45, 2.75) is 0 Å². The largest absolute Gasteiger partial charge is 0.231 e. The van der Waals surface area contributed by atoms with Gasteiger partial charge in [-0.2, -0.15) is 9.65 Å². The molecule has 0 saturated carbocycles. The Hall–Kier alpha value is -1.73. The average molecular weight is 204 g/mol. The molecule has 0 aliphatic heterocycles. The third-order valence-corrected chi connectivity index (χ3v) is 2.64. The van der Waals surface area contributed by atoms with Gasteiger partial charge in [-0.3, -0.25) is 0 Å². The first-order chi connectivity index (χ1) is 6.81. The van der Waals surface area contributed by atoms with Crippen LogP contribution in [0, 0.1) is 17.3 Å². The van der Waals surface area contributed by atoms with Gasteiger partial charge in [-0.05, 0) is 23.6 Å². The Morgan fingerprint density at radius 2 is 2.21 bits per heavy atom. The Balaban J connectivity index is 2.49. The highest BCUT2D eigenvalue weighted by Crippen LogP contribution is 2.23. The van der Waals surface area contributed by atoms with Crippen LogP contribution in [-0.2, 0) is 0 Å². The molecule has 2 nitrogen and oxygen atoms in total. The quantitative estimate of drug-likeness (QED) is 0.670. The van der Waals surface area contributed by atoms with Crippen molar-refractivity contribution in [3.63, 3.8) is 0 Å². The molecule has 0 aromatic carbocycles. The molecule has 2 aromatic heterocycles. The molecule has 0 aliphatic rings. The van der Waals surface area contributed by atoms with E-state index in [1.165, 1.54) is 17.4 Å². The van der Waals surface area contributed by atoms with Crippen molar-refractivity contribution in [2.24, 2.45) is 0 Å². The third kappa shape index (κ3) is 1.50. The zero-order chi connectivity index (χ0) is 9.97. The predicted molar refractivity (Wildman–Crippen MR) is 52.2 cm³/mol. The summed E-state index contributed by atoms with van der Waals surface area (Å²) < 4.78 is 13.1. The topological polar surface area (TPSA) is 36.7 Å². The second-order valence-corrected chi connectivity index (χ2v) is 3.57. The van der Waals surface area contributed by atoms with Crippen LogP contribution >= 0.6 is 11.3 Å². The minimum absolute atomic E-state index is 0.0229. The van der Waals surface area contributed by atoms with E-state index in [-0.39, 0.29) is 5.56 Å². The van der Waals surface area contributed by atoms with Crippen molar-refractivity contribution in [3.8, 4) is 16.6 Å². The van der Waals surface area contributed by atoms with Crippen LogP contribution in [0.3, 0.4) is 0 Å².